The van der Waals surface area contributed by atoms with E-state index >= 15 is 0 Å². The van der Waals surface area contributed by atoms with Gasteiger partial charge in [0, 0.05) is 31.9 Å². The van der Waals surface area contributed by atoms with Crippen LogP contribution in [0.4, 0.5) is 11.6 Å². The maximum Gasteiger partial charge on any atom is 0.323 e. The van der Waals surface area contributed by atoms with E-state index in [-0.39, 0.29) is 17.4 Å². The second-order valence-electron chi connectivity index (χ2n) is 8.25. The Bertz CT molecular complexity index is 1590. The molecule has 1 fully saturated rings. The molecule has 0 bridgehead atoms. The number of pyridine rings is 1. The smallest absolute Gasteiger partial charge is 0.323 e. The molecule has 36 heavy (non-hydrogen) atoms. The van der Waals surface area contributed by atoms with Crippen LogP contribution in [0.15, 0.2) is 42.7 Å². The number of aromatic hydroxyl groups is 1. The highest BCUT2D eigenvalue weighted by molar-refractivity contribution is 6.29. The van der Waals surface area contributed by atoms with Crippen molar-refractivity contribution in [2.24, 2.45) is 0 Å². The first-order chi connectivity index (χ1) is 17.5. The van der Waals surface area contributed by atoms with Crippen LogP contribution in [0.2, 0.25) is 5.15 Å². The van der Waals surface area contributed by atoms with Crippen molar-refractivity contribution >= 4 is 51.5 Å². The third kappa shape index (κ3) is 3.88. The van der Waals surface area contributed by atoms with E-state index in [1.54, 1.807) is 24.3 Å². The number of anilines is 2. The second-order valence-corrected chi connectivity index (χ2v) is 8.64. The number of carboxylic acids is 1. The number of phenols is 1. The lowest BCUT2D eigenvalue weighted by Gasteiger charge is -2.36. The summed E-state index contributed by atoms with van der Waals surface area (Å²) in [5.41, 5.74) is 2.68. The minimum absolute atomic E-state index is 0.223. The zero-order valence-electron chi connectivity index (χ0n) is 18.7. The molecular formula is C22H19ClN10O3. The predicted molar refractivity (Wildman–Crippen MR) is 131 cm³/mol. The van der Waals surface area contributed by atoms with Gasteiger partial charge < -0.3 is 24.6 Å². The largest absolute Gasteiger partial charge is 0.508 e. The molecule has 1 aliphatic rings. The van der Waals surface area contributed by atoms with Gasteiger partial charge >= 0.3 is 5.97 Å². The van der Waals surface area contributed by atoms with Gasteiger partial charge in [0.1, 0.15) is 23.0 Å². The van der Waals surface area contributed by atoms with Crippen molar-refractivity contribution < 1.29 is 15.0 Å². The Morgan fingerprint density at radius 1 is 0.944 bits per heavy atom. The van der Waals surface area contributed by atoms with Crippen LogP contribution in [0, 0.1) is 0 Å². The summed E-state index contributed by atoms with van der Waals surface area (Å²) in [6.45, 7) is 2.37. The minimum Gasteiger partial charge on any atom is -0.508 e. The fourth-order valence-electron chi connectivity index (χ4n) is 4.23. The molecule has 1 saturated heterocycles. The minimum atomic E-state index is -1.02. The van der Waals surface area contributed by atoms with Gasteiger partial charge in [-0.15, -0.1) is 5.10 Å². The Morgan fingerprint density at radius 3 is 2.44 bits per heavy atom. The summed E-state index contributed by atoms with van der Waals surface area (Å²) in [4.78, 5) is 33.8. The number of carbonyl (C=O) groups is 1. The van der Waals surface area contributed by atoms with Crippen LogP contribution in [0.25, 0.3) is 28.1 Å². The first kappa shape index (κ1) is 22.0. The van der Waals surface area contributed by atoms with Gasteiger partial charge in [0.05, 0.1) is 6.33 Å². The molecule has 13 nitrogen and oxygen atoms in total. The monoisotopic (exact) mass is 506 g/mol. The number of carboxylic acid groups (broad SMARTS) is 1. The number of imidazole rings is 1. The third-order valence-corrected chi connectivity index (χ3v) is 6.19. The lowest BCUT2D eigenvalue weighted by atomic mass is 10.2. The quantitative estimate of drug-likeness (QED) is 0.335. The van der Waals surface area contributed by atoms with Crippen molar-refractivity contribution in [3.05, 3.63) is 47.9 Å². The van der Waals surface area contributed by atoms with Crippen LogP contribution in [0.5, 0.6) is 5.75 Å². The number of piperazine rings is 1. The molecule has 1 aromatic carbocycles. The molecular weight excluding hydrogens is 488 g/mol. The molecule has 0 saturated carbocycles. The molecule has 0 atom stereocenters. The van der Waals surface area contributed by atoms with E-state index < -0.39 is 5.97 Å². The molecule has 5 aromatic rings. The molecule has 0 unspecified atom stereocenters. The van der Waals surface area contributed by atoms with Gasteiger partial charge in [0.25, 0.3) is 0 Å². The summed E-state index contributed by atoms with van der Waals surface area (Å²) in [6.07, 6.45) is 1.42. The number of aliphatic carboxylic acids is 1. The Kier molecular flexibility index (Phi) is 5.25. The molecule has 14 heteroatoms. The molecule has 1 aliphatic heterocycles. The van der Waals surface area contributed by atoms with Gasteiger partial charge in [-0.3, -0.25) is 4.79 Å². The van der Waals surface area contributed by atoms with E-state index in [4.69, 9.17) is 16.6 Å². The summed E-state index contributed by atoms with van der Waals surface area (Å²) < 4.78 is 2.90. The second kappa shape index (κ2) is 8.61. The summed E-state index contributed by atoms with van der Waals surface area (Å²) in [5, 5.41) is 27.6. The Balaban J connectivity index is 1.41. The van der Waals surface area contributed by atoms with E-state index in [0.717, 1.165) is 5.69 Å². The first-order valence-corrected chi connectivity index (χ1v) is 11.5. The molecule has 0 radical (unpaired) electrons. The van der Waals surface area contributed by atoms with E-state index in [1.807, 2.05) is 17.0 Å². The Hall–Kier alpha value is -4.52. The first-order valence-electron chi connectivity index (χ1n) is 11.1. The van der Waals surface area contributed by atoms with Crippen molar-refractivity contribution in [1.29, 1.82) is 0 Å². The third-order valence-electron chi connectivity index (χ3n) is 5.98. The van der Waals surface area contributed by atoms with Gasteiger partial charge in [-0.2, -0.15) is 14.6 Å². The van der Waals surface area contributed by atoms with Crippen LogP contribution < -0.4 is 9.80 Å². The van der Waals surface area contributed by atoms with E-state index in [2.05, 4.69) is 30.2 Å². The van der Waals surface area contributed by atoms with Crippen molar-refractivity contribution in [3.8, 4) is 11.6 Å². The van der Waals surface area contributed by atoms with E-state index in [0.29, 0.717) is 60.3 Å². The van der Waals surface area contributed by atoms with Gasteiger partial charge in [0.2, 0.25) is 5.95 Å². The molecule has 2 N–H and O–H groups in total. The number of fused-ring (bicyclic) bond motifs is 2. The molecule has 0 aliphatic carbocycles. The zero-order valence-corrected chi connectivity index (χ0v) is 19.5. The number of halogens is 1. The Morgan fingerprint density at radius 2 is 1.69 bits per heavy atom. The molecule has 4 aromatic heterocycles. The van der Waals surface area contributed by atoms with Crippen molar-refractivity contribution in [1.82, 2.24) is 39.5 Å². The van der Waals surface area contributed by atoms with Crippen molar-refractivity contribution in [2.75, 3.05) is 36.0 Å². The van der Waals surface area contributed by atoms with Crippen LogP contribution in [0.1, 0.15) is 0 Å². The van der Waals surface area contributed by atoms with Crippen LogP contribution in [-0.2, 0) is 11.3 Å². The maximum atomic E-state index is 11.4. The molecule has 5 heterocycles. The van der Waals surface area contributed by atoms with E-state index in [9.17, 15) is 15.0 Å². The number of benzene rings is 1. The number of hydrogen-bond acceptors (Lipinski definition) is 10. The van der Waals surface area contributed by atoms with Crippen molar-refractivity contribution in [2.45, 2.75) is 6.54 Å². The lowest BCUT2D eigenvalue weighted by molar-refractivity contribution is -0.137. The fraction of sp³-hybridized carbons (Fsp3) is 0.227. The van der Waals surface area contributed by atoms with Gasteiger partial charge in [-0.05, 0) is 36.4 Å². The fourth-order valence-corrected chi connectivity index (χ4v) is 4.37. The summed E-state index contributed by atoms with van der Waals surface area (Å²) in [6, 6.07) is 10.4. The standard InChI is InChI=1S/C22H19ClN10O3/c23-16-6-5-15-19(25-16)33(29-28-15)21-18-20(32(12-24-18)11-17(35)36)26-22(27-21)31-9-7-30(8-10-31)13-1-3-14(34)4-2-13/h1-6,12,34H,7-11H2,(H,35,36). The predicted octanol–water partition coefficient (Wildman–Crippen LogP) is 1.73. The number of rotatable bonds is 5. The van der Waals surface area contributed by atoms with Crippen LogP contribution in [0.3, 0.4) is 0 Å². The summed E-state index contributed by atoms with van der Waals surface area (Å²) in [7, 11) is 0. The molecule has 0 amide bonds. The van der Waals surface area contributed by atoms with Gasteiger partial charge in [-0.25, -0.2) is 9.97 Å². The summed E-state index contributed by atoms with van der Waals surface area (Å²) >= 11 is 6.12. The highest BCUT2D eigenvalue weighted by atomic mass is 35.5. The normalized spacial score (nSPS) is 14.1. The number of nitrogens with zero attached hydrogens (tertiary/aromatic N) is 10. The Labute approximate surface area is 208 Å². The molecule has 0 spiro atoms. The topological polar surface area (TPSA) is 151 Å². The highest BCUT2D eigenvalue weighted by Crippen LogP contribution is 2.26. The number of aromatic nitrogens is 8. The highest BCUT2D eigenvalue weighted by Gasteiger charge is 2.24. The average Bonchev–Trinajstić information content (AvgIpc) is 3.47. The SMILES string of the molecule is O=C(O)Cn1cnc2c(-n3nnc4ccc(Cl)nc43)nc(N3CCN(c4ccc(O)cc4)CC3)nc21. The van der Waals surface area contributed by atoms with Gasteiger partial charge in [0.15, 0.2) is 22.6 Å². The lowest BCUT2D eigenvalue weighted by Crippen LogP contribution is -2.47. The zero-order chi connectivity index (χ0) is 24.8. The average molecular weight is 507 g/mol. The van der Waals surface area contributed by atoms with E-state index in [1.165, 1.54) is 15.6 Å². The molecule has 182 valence electrons. The molecule has 6 rings (SSSR count). The summed E-state index contributed by atoms with van der Waals surface area (Å²) in [5.74, 6) is -0.0442. The van der Waals surface area contributed by atoms with Crippen LogP contribution in [-0.4, -0.2) is 81.9 Å². The van der Waals surface area contributed by atoms with Crippen LogP contribution >= 0.6 is 11.6 Å². The van der Waals surface area contributed by atoms with Gasteiger partial charge in [-0.1, -0.05) is 16.8 Å². The van der Waals surface area contributed by atoms with Crippen molar-refractivity contribution in [3.63, 3.8) is 0 Å². The number of hydrogen-bond donors (Lipinski definition) is 2. The maximum absolute atomic E-state index is 11.4. The number of phenolic OH excluding ortho intramolecular Hbond substituents is 1.